The molecule has 1 unspecified atom stereocenters. The first-order valence-electron chi connectivity index (χ1n) is 5.06. The lowest BCUT2D eigenvalue weighted by Gasteiger charge is -2.17. The van der Waals surface area contributed by atoms with Crippen LogP contribution in [0.3, 0.4) is 0 Å². The Kier molecular flexibility index (Phi) is 3.21. The van der Waals surface area contributed by atoms with Crippen LogP contribution in [-0.4, -0.2) is 41.6 Å². The Balaban J connectivity index is 2.25. The van der Waals surface area contributed by atoms with E-state index in [4.69, 9.17) is 5.11 Å². The molecule has 1 aliphatic rings. The van der Waals surface area contributed by atoms with Gasteiger partial charge in [-0.25, -0.2) is 4.79 Å². The van der Waals surface area contributed by atoms with Crippen molar-refractivity contribution in [2.75, 3.05) is 13.6 Å². The quantitative estimate of drug-likeness (QED) is 0.730. The average molecular weight is 214 g/mol. The maximum absolute atomic E-state index is 11.5. The number of carbonyl (C=O) groups excluding carboxylic acids is 1. The van der Waals surface area contributed by atoms with Gasteiger partial charge in [-0.15, -0.1) is 0 Å². The molecular weight excluding hydrogens is 196 g/mol. The Hall–Kier alpha value is -1.26. The summed E-state index contributed by atoms with van der Waals surface area (Å²) in [5, 5.41) is 11.3. The maximum atomic E-state index is 11.5. The highest BCUT2D eigenvalue weighted by Gasteiger charge is 2.46. The number of nitrogens with zero attached hydrogens (tertiary/aromatic N) is 1. The third-order valence-electron chi connectivity index (χ3n) is 2.82. The molecule has 0 aromatic carbocycles. The molecule has 1 rings (SSSR count). The Morgan fingerprint density at radius 1 is 1.53 bits per heavy atom. The van der Waals surface area contributed by atoms with Crippen LogP contribution in [0.25, 0.3) is 0 Å². The van der Waals surface area contributed by atoms with E-state index in [0.717, 1.165) is 6.42 Å². The molecular formula is C10H18N2O3. The molecule has 15 heavy (non-hydrogen) atoms. The van der Waals surface area contributed by atoms with Crippen LogP contribution in [0.1, 0.15) is 26.7 Å². The number of amides is 2. The zero-order valence-corrected chi connectivity index (χ0v) is 9.41. The summed E-state index contributed by atoms with van der Waals surface area (Å²) < 4.78 is 0. The highest BCUT2D eigenvalue weighted by molar-refractivity contribution is 5.75. The minimum absolute atomic E-state index is 0.0159. The van der Waals surface area contributed by atoms with Gasteiger partial charge in [0.25, 0.3) is 0 Å². The Labute approximate surface area is 89.4 Å². The van der Waals surface area contributed by atoms with Gasteiger partial charge in [-0.2, -0.15) is 0 Å². The van der Waals surface area contributed by atoms with Crippen LogP contribution < -0.4 is 5.32 Å². The molecule has 2 amide bonds. The molecule has 0 heterocycles. The van der Waals surface area contributed by atoms with Crippen molar-refractivity contribution in [3.05, 3.63) is 0 Å². The van der Waals surface area contributed by atoms with E-state index in [1.807, 2.05) is 0 Å². The van der Waals surface area contributed by atoms with Crippen molar-refractivity contribution in [2.24, 2.45) is 5.41 Å². The molecule has 1 atom stereocenters. The highest BCUT2D eigenvalue weighted by atomic mass is 16.4. The van der Waals surface area contributed by atoms with E-state index >= 15 is 0 Å². The third kappa shape index (κ3) is 3.42. The van der Waals surface area contributed by atoms with Gasteiger partial charge in [0.15, 0.2) is 0 Å². The maximum Gasteiger partial charge on any atom is 0.317 e. The first-order chi connectivity index (χ1) is 6.83. The summed E-state index contributed by atoms with van der Waals surface area (Å²) in [6.45, 7) is 4.43. The number of carbonyl (C=O) groups is 2. The smallest absolute Gasteiger partial charge is 0.317 e. The fourth-order valence-electron chi connectivity index (χ4n) is 1.34. The molecule has 0 bridgehead atoms. The zero-order valence-electron chi connectivity index (χ0n) is 9.41. The number of hydrogen-bond donors (Lipinski definition) is 2. The summed E-state index contributed by atoms with van der Waals surface area (Å²) in [4.78, 5) is 23.2. The second-order valence-corrected chi connectivity index (χ2v) is 4.76. The van der Waals surface area contributed by atoms with Crippen LogP contribution in [0.2, 0.25) is 0 Å². The number of nitrogens with one attached hydrogen (secondary N) is 1. The largest absolute Gasteiger partial charge is 0.481 e. The zero-order chi connectivity index (χ0) is 11.6. The minimum Gasteiger partial charge on any atom is -0.481 e. The summed E-state index contributed by atoms with van der Waals surface area (Å²) in [6.07, 6.45) is 0.976. The number of aliphatic carboxylic acids is 1. The van der Waals surface area contributed by atoms with E-state index < -0.39 is 5.97 Å². The van der Waals surface area contributed by atoms with Gasteiger partial charge in [0, 0.05) is 19.6 Å². The first-order valence-corrected chi connectivity index (χ1v) is 5.06. The van der Waals surface area contributed by atoms with Crippen molar-refractivity contribution in [1.82, 2.24) is 10.2 Å². The van der Waals surface area contributed by atoms with Crippen LogP contribution in [-0.2, 0) is 4.79 Å². The molecule has 2 N–H and O–H groups in total. The molecule has 0 aliphatic heterocycles. The summed E-state index contributed by atoms with van der Waals surface area (Å²) in [5.41, 5.74) is 0.198. The minimum atomic E-state index is -0.888. The summed E-state index contributed by atoms with van der Waals surface area (Å²) in [7, 11) is 1.60. The second kappa shape index (κ2) is 4.08. The lowest BCUT2D eigenvalue weighted by Crippen LogP contribution is -2.40. The van der Waals surface area contributed by atoms with E-state index in [1.165, 1.54) is 4.90 Å². The van der Waals surface area contributed by atoms with Crippen molar-refractivity contribution in [3.63, 3.8) is 0 Å². The lowest BCUT2D eigenvalue weighted by molar-refractivity contribution is -0.137. The Bertz CT molecular complexity index is 276. The summed E-state index contributed by atoms with van der Waals surface area (Å²) >= 11 is 0. The van der Waals surface area contributed by atoms with Crippen molar-refractivity contribution in [1.29, 1.82) is 0 Å². The molecule has 0 radical (unpaired) electrons. The van der Waals surface area contributed by atoms with E-state index in [0.29, 0.717) is 0 Å². The molecule has 86 valence electrons. The SMILES string of the molecule is CN(CCC(=O)O)C(=O)NC1CC1(C)C. The third-order valence-corrected chi connectivity index (χ3v) is 2.82. The van der Waals surface area contributed by atoms with Crippen LogP contribution in [0.5, 0.6) is 0 Å². The molecule has 1 aliphatic carbocycles. The topological polar surface area (TPSA) is 69.6 Å². The van der Waals surface area contributed by atoms with Crippen molar-refractivity contribution < 1.29 is 14.7 Å². The monoisotopic (exact) mass is 214 g/mol. The van der Waals surface area contributed by atoms with Gasteiger partial charge in [0.1, 0.15) is 0 Å². The predicted octanol–water partition coefficient (Wildman–Crippen LogP) is 0.901. The summed E-state index contributed by atoms with van der Waals surface area (Å²) in [6, 6.07) is 0.0455. The van der Waals surface area contributed by atoms with Gasteiger partial charge in [-0.05, 0) is 11.8 Å². The van der Waals surface area contributed by atoms with E-state index in [-0.39, 0.29) is 30.5 Å². The predicted molar refractivity (Wildman–Crippen MR) is 55.6 cm³/mol. The van der Waals surface area contributed by atoms with Crippen LogP contribution in [0.4, 0.5) is 4.79 Å². The standard InChI is InChI=1S/C10H18N2O3/c1-10(2)6-7(10)11-9(15)12(3)5-4-8(13)14/h7H,4-6H2,1-3H3,(H,11,15)(H,13,14). The number of carboxylic acid groups (broad SMARTS) is 1. The van der Waals surface area contributed by atoms with E-state index in [9.17, 15) is 9.59 Å². The molecule has 5 heteroatoms. The summed E-state index contributed by atoms with van der Waals surface area (Å²) in [5.74, 6) is -0.888. The van der Waals surface area contributed by atoms with Gasteiger partial charge >= 0.3 is 12.0 Å². The van der Waals surface area contributed by atoms with E-state index in [2.05, 4.69) is 19.2 Å². The lowest BCUT2D eigenvalue weighted by atomic mass is 10.2. The van der Waals surface area contributed by atoms with Crippen LogP contribution in [0, 0.1) is 5.41 Å². The normalized spacial score (nSPS) is 21.9. The number of urea groups is 1. The number of hydrogen-bond acceptors (Lipinski definition) is 2. The van der Waals surface area contributed by atoms with Gasteiger partial charge < -0.3 is 15.3 Å². The number of carboxylic acids is 1. The van der Waals surface area contributed by atoms with Gasteiger partial charge in [-0.1, -0.05) is 13.8 Å². The molecule has 0 spiro atoms. The molecule has 1 fully saturated rings. The molecule has 1 saturated carbocycles. The van der Waals surface area contributed by atoms with Crippen molar-refractivity contribution in [3.8, 4) is 0 Å². The fourth-order valence-corrected chi connectivity index (χ4v) is 1.34. The van der Waals surface area contributed by atoms with Gasteiger partial charge in [0.2, 0.25) is 0 Å². The van der Waals surface area contributed by atoms with Crippen molar-refractivity contribution in [2.45, 2.75) is 32.7 Å². The second-order valence-electron chi connectivity index (χ2n) is 4.76. The first kappa shape index (κ1) is 11.8. The Morgan fingerprint density at radius 2 is 2.07 bits per heavy atom. The molecule has 0 saturated heterocycles. The fraction of sp³-hybridized carbons (Fsp3) is 0.800. The van der Waals surface area contributed by atoms with E-state index in [1.54, 1.807) is 7.05 Å². The van der Waals surface area contributed by atoms with Gasteiger partial charge in [0.05, 0.1) is 6.42 Å². The molecule has 5 nitrogen and oxygen atoms in total. The average Bonchev–Trinajstić information content (AvgIpc) is 2.69. The molecule has 0 aromatic heterocycles. The van der Waals surface area contributed by atoms with Gasteiger partial charge in [-0.3, -0.25) is 4.79 Å². The van der Waals surface area contributed by atoms with Crippen LogP contribution >= 0.6 is 0 Å². The Morgan fingerprint density at radius 3 is 2.47 bits per heavy atom. The highest BCUT2D eigenvalue weighted by Crippen LogP contribution is 2.44. The number of rotatable bonds is 4. The van der Waals surface area contributed by atoms with Crippen molar-refractivity contribution >= 4 is 12.0 Å². The molecule has 0 aromatic rings. The van der Waals surface area contributed by atoms with Crippen LogP contribution in [0.15, 0.2) is 0 Å².